The summed E-state index contributed by atoms with van der Waals surface area (Å²) in [6, 6.07) is 10.4. The molecule has 0 aliphatic carbocycles. The zero-order chi connectivity index (χ0) is 17.3. The smallest absolute Gasteiger partial charge is 0.240 e. The van der Waals surface area contributed by atoms with Crippen LogP contribution < -0.4 is 9.46 Å². The Kier molecular flexibility index (Phi) is 4.03. The molecule has 128 valence electrons. The highest BCUT2D eigenvalue weighted by atomic mass is 32.2. The van der Waals surface area contributed by atoms with Crippen molar-refractivity contribution >= 4 is 10.0 Å². The number of nitrogens with one attached hydrogen (secondary N) is 1. The largest absolute Gasteiger partial charge is 0.493 e. The van der Waals surface area contributed by atoms with Crippen molar-refractivity contribution in [1.82, 2.24) is 9.71 Å². The fraction of sp³-hybridized carbons (Fsp3) is 0.167. The first-order valence-corrected chi connectivity index (χ1v) is 9.33. The molecule has 0 saturated heterocycles. The van der Waals surface area contributed by atoms with E-state index in [-0.39, 0.29) is 11.4 Å². The summed E-state index contributed by atoms with van der Waals surface area (Å²) in [6.07, 6.45) is 5.62. The van der Waals surface area contributed by atoms with Crippen LogP contribution in [0.25, 0.3) is 11.3 Å². The average molecular weight is 356 g/mol. The molecular formula is C18H16N2O4S. The molecule has 0 bridgehead atoms. The Morgan fingerprint density at radius 2 is 2.08 bits per heavy atom. The summed E-state index contributed by atoms with van der Waals surface area (Å²) in [6.45, 7) is 0.745. The van der Waals surface area contributed by atoms with Crippen LogP contribution in [-0.2, 0) is 23.0 Å². The summed E-state index contributed by atoms with van der Waals surface area (Å²) in [7, 11) is -3.60. The maximum Gasteiger partial charge on any atom is 0.240 e. The summed E-state index contributed by atoms with van der Waals surface area (Å²) >= 11 is 0. The van der Waals surface area contributed by atoms with Gasteiger partial charge in [-0.3, -0.25) is 4.98 Å². The van der Waals surface area contributed by atoms with Gasteiger partial charge < -0.3 is 9.15 Å². The van der Waals surface area contributed by atoms with Crippen LogP contribution in [0, 0.1) is 0 Å². The number of aromatic nitrogens is 1. The topological polar surface area (TPSA) is 81.4 Å². The summed E-state index contributed by atoms with van der Waals surface area (Å²) in [5.74, 6) is 1.45. The molecule has 1 aliphatic heterocycles. The Morgan fingerprint density at radius 1 is 1.16 bits per heavy atom. The second kappa shape index (κ2) is 6.34. The van der Waals surface area contributed by atoms with Gasteiger partial charge in [0.1, 0.15) is 11.5 Å². The van der Waals surface area contributed by atoms with Crippen LogP contribution in [0.5, 0.6) is 5.75 Å². The number of sulfonamides is 1. The van der Waals surface area contributed by atoms with E-state index in [4.69, 9.17) is 9.15 Å². The second-order valence-corrected chi connectivity index (χ2v) is 7.52. The minimum Gasteiger partial charge on any atom is -0.493 e. The third-order valence-corrected chi connectivity index (χ3v) is 5.44. The zero-order valence-corrected chi connectivity index (χ0v) is 14.1. The Bertz CT molecular complexity index is 998. The van der Waals surface area contributed by atoms with E-state index in [0.717, 1.165) is 28.9 Å². The molecule has 6 nitrogen and oxygen atoms in total. The predicted octanol–water partition coefficient (Wildman–Crippen LogP) is 2.76. The van der Waals surface area contributed by atoms with Crippen molar-refractivity contribution in [2.45, 2.75) is 17.9 Å². The Morgan fingerprint density at radius 3 is 2.92 bits per heavy atom. The minimum atomic E-state index is -3.60. The highest BCUT2D eigenvalue weighted by Gasteiger charge is 2.19. The van der Waals surface area contributed by atoms with Crippen LogP contribution in [0.1, 0.15) is 11.1 Å². The van der Waals surface area contributed by atoms with E-state index in [0.29, 0.717) is 12.4 Å². The van der Waals surface area contributed by atoms with Crippen LogP contribution >= 0.6 is 0 Å². The normalized spacial score (nSPS) is 13.4. The third-order valence-electron chi connectivity index (χ3n) is 4.04. The van der Waals surface area contributed by atoms with E-state index in [1.165, 1.54) is 0 Å². The van der Waals surface area contributed by atoms with Gasteiger partial charge in [-0.2, -0.15) is 0 Å². The first kappa shape index (κ1) is 15.9. The molecule has 7 heteroatoms. The van der Waals surface area contributed by atoms with Gasteiger partial charge in [-0.05, 0) is 47.5 Å². The van der Waals surface area contributed by atoms with E-state index in [1.54, 1.807) is 42.9 Å². The van der Waals surface area contributed by atoms with Crippen LogP contribution in [-0.4, -0.2) is 20.0 Å². The van der Waals surface area contributed by atoms with Crippen LogP contribution in [0.3, 0.4) is 0 Å². The Hall–Kier alpha value is -2.64. The van der Waals surface area contributed by atoms with Gasteiger partial charge in [-0.25, -0.2) is 13.1 Å². The lowest BCUT2D eigenvalue weighted by atomic mass is 10.2. The molecule has 0 unspecified atom stereocenters. The molecule has 4 rings (SSSR count). The monoisotopic (exact) mass is 356 g/mol. The van der Waals surface area contributed by atoms with Gasteiger partial charge in [0.05, 0.1) is 17.8 Å². The molecule has 0 saturated carbocycles. The van der Waals surface area contributed by atoms with Crippen LogP contribution in [0.15, 0.2) is 64.4 Å². The van der Waals surface area contributed by atoms with Crippen molar-refractivity contribution in [2.75, 3.05) is 6.61 Å². The van der Waals surface area contributed by atoms with Crippen molar-refractivity contribution in [1.29, 1.82) is 0 Å². The van der Waals surface area contributed by atoms with Crippen molar-refractivity contribution in [3.8, 4) is 17.1 Å². The number of hydrogen-bond acceptors (Lipinski definition) is 5. The molecule has 0 atom stereocenters. The second-order valence-electron chi connectivity index (χ2n) is 5.75. The van der Waals surface area contributed by atoms with E-state index in [1.807, 2.05) is 12.1 Å². The van der Waals surface area contributed by atoms with Gasteiger partial charge in [0.2, 0.25) is 10.0 Å². The van der Waals surface area contributed by atoms with E-state index >= 15 is 0 Å². The van der Waals surface area contributed by atoms with Crippen molar-refractivity contribution in [3.05, 3.63) is 66.2 Å². The quantitative estimate of drug-likeness (QED) is 0.760. The molecule has 0 spiro atoms. The van der Waals surface area contributed by atoms with E-state index in [2.05, 4.69) is 9.71 Å². The summed E-state index contributed by atoms with van der Waals surface area (Å²) in [5.41, 5.74) is 2.47. The highest BCUT2D eigenvalue weighted by molar-refractivity contribution is 7.89. The maximum absolute atomic E-state index is 12.5. The highest BCUT2D eigenvalue weighted by Crippen LogP contribution is 2.27. The number of furan rings is 1. The van der Waals surface area contributed by atoms with Gasteiger partial charge in [0, 0.05) is 30.9 Å². The molecule has 1 N–H and O–H groups in total. The van der Waals surface area contributed by atoms with Crippen LogP contribution in [0.4, 0.5) is 0 Å². The Balaban J connectivity index is 1.52. The van der Waals surface area contributed by atoms with Crippen LogP contribution in [0.2, 0.25) is 0 Å². The van der Waals surface area contributed by atoms with Crippen molar-refractivity contribution in [3.63, 3.8) is 0 Å². The lowest BCUT2D eigenvalue weighted by Crippen LogP contribution is -2.23. The molecule has 0 fully saturated rings. The molecule has 3 aromatic rings. The molecule has 3 heterocycles. The SMILES string of the molecule is O=S(=O)(NCc1cncc(-c2ccco2)c1)c1ccc2c(c1)CCO2. The summed E-state index contributed by atoms with van der Waals surface area (Å²) in [5, 5.41) is 0. The first-order chi connectivity index (χ1) is 12.1. The van der Waals surface area contributed by atoms with Crippen molar-refractivity contribution < 1.29 is 17.6 Å². The third kappa shape index (κ3) is 3.29. The Labute approximate surface area is 145 Å². The van der Waals surface area contributed by atoms with E-state index < -0.39 is 10.0 Å². The van der Waals surface area contributed by atoms with Gasteiger partial charge in [0.25, 0.3) is 0 Å². The number of ether oxygens (including phenoxy) is 1. The lowest BCUT2D eigenvalue weighted by Gasteiger charge is -2.08. The molecule has 1 aliphatic rings. The average Bonchev–Trinajstić information content (AvgIpc) is 3.31. The first-order valence-electron chi connectivity index (χ1n) is 7.85. The number of fused-ring (bicyclic) bond motifs is 1. The fourth-order valence-electron chi connectivity index (χ4n) is 2.75. The van der Waals surface area contributed by atoms with Crippen molar-refractivity contribution in [2.24, 2.45) is 0 Å². The summed E-state index contributed by atoms with van der Waals surface area (Å²) in [4.78, 5) is 4.39. The van der Waals surface area contributed by atoms with E-state index in [9.17, 15) is 8.42 Å². The minimum absolute atomic E-state index is 0.150. The fourth-order valence-corrected chi connectivity index (χ4v) is 3.82. The molecule has 25 heavy (non-hydrogen) atoms. The van der Waals surface area contributed by atoms with Gasteiger partial charge in [-0.15, -0.1) is 0 Å². The molecule has 0 amide bonds. The molecular weight excluding hydrogens is 340 g/mol. The number of nitrogens with zero attached hydrogens (tertiary/aromatic N) is 1. The molecule has 1 aromatic carbocycles. The van der Waals surface area contributed by atoms with Gasteiger partial charge in [-0.1, -0.05) is 0 Å². The molecule has 0 radical (unpaired) electrons. The number of rotatable bonds is 5. The lowest BCUT2D eigenvalue weighted by molar-refractivity contribution is 0.356. The maximum atomic E-state index is 12.5. The summed E-state index contributed by atoms with van der Waals surface area (Å²) < 4.78 is 38.4. The molecule has 2 aromatic heterocycles. The number of pyridine rings is 1. The number of hydrogen-bond donors (Lipinski definition) is 1. The zero-order valence-electron chi connectivity index (χ0n) is 13.3. The predicted molar refractivity (Wildman–Crippen MR) is 91.6 cm³/mol. The van der Waals surface area contributed by atoms with Gasteiger partial charge >= 0.3 is 0 Å². The number of benzene rings is 1. The standard InChI is InChI=1S/C18H16N2O4S/c21-25(22,16-3-4-18-14(9-16)5-7-24-18)20-11-13-8-15(12-19-10-13)17-2-1-6-23-17/h1-4,6,8-10,12,20H,5,7,11H2. The van der Waals surface area contributed by atoms with Gasteiger partial charge in [0.15, 0.2) is 0 Å².